The highest BCUT2D eigenvalue weighted by Crippen LogP contribution is 2.17. The second-order valence-electron chi connectivity index (χ2n) is 2.67. The van der Waals surface area contributed by atoms with Crippen molar-refractivity contribution in [2.24, 2.45) is 5.41 Å². The Morgan fingerprint density at radius 1 is 1.67 bits per heavy atom. The van der Waals surface area contributed by atoms with Crippen LogP contribution >= 0.6 is 0 Å². The van der Waals surface area contributed by atoms with Gasteiger partial charge in [0.15, 0.2) is 0 Å². The Balaban J connectivity index is 3.95. The van der Waals surface area contributed by atoms with E-state index in [4.69, 9.17) is 10.2 Å². The first kappa shape index (κ1) is 8.59. The van der Waals surface area contributed by atoms with E-state index in [9.17, 15) is 4.79 Å². The minimum Gasteiger partial charge on any atom is -0.396 e. The summed E-state index contributed by atoms with van der Waals surface area (Å²) < 4.78 is 0. The van der Waals surface area contributed by atoms with Crippen LogP contribution in [0.2, 0.25) is 0 Å². The van der Waals surface area contributed by atoms with Gasteiger partial charge in [-0.2, -0.15) is 0 Å². The zero-order valence-corrected chi connectivity index (χ0v) is 5.59. The first-order chi connectivity index (χ1) is 4.04. The summed E-state index contributed by atoms with van der Waals surface area (Å²) >= 11 is 0. The zero-order valence-electron chi connectivity index (χ0n) is 5.59. The standard InChI is InChI=1S/C6H11O3/c1-6(2,4-8)5(9)3-7/h5,8-9H,4H2,1-2H3. The third kappa shape index (κ3) is 2.11. The molecule has 0 aromatic heterocycles. The number of aliphatic hydroxyl groups is 2. The lowest BCUT2D eigenvalue weighted by atomic mass is 9.89. The van der Waals surface area contributed by atoms with E-state index < -0.39 is 11.5 Å². The van der Waals surface area contributed by atoms with Crippen LogP contribution in [0, 0.1) is 5.41 Å². The molecule has 0 aliphatic heterocycles. The molecule has 0 heterocycles. The third-order valence-corrected chi connectivity index (χ3v) is 1.26. The van der Waals surface area contributed by atoms with E-state index in [2.05, 4.69) is 0 Å². The number of hydrogen-bond donors (Lipinski definition) is 2. The summed E-state index contributed by atoms with van der Waals surface area (Å²) in [6.45, 7) is 2.95. The molecule has 0 rings (SSSR count). The van der Waals surface area contributed by atoms with Crippen LogP contribution in [-0.4, -0.2) is 29.2 Å². The quantitative estimate of drug-likeness (QED) is 0.541. The van der Waals surface area contributed by atoms with Gasteiger partial charge in [-0.25, -0.2) is 0 Å². The van der Waals surface area contributed by atoms with Crippen molar-refractivity contribution in [3.8, 4) is 0 Å². The molecule has 53 valence electrons. The summed E-state index contributed by atoms with van der Waals surface area (Å²) in [6.07, 6.45) is 0.210. The van der Waals surface area contributed by atoms with Gasteiger partial charge in [0.05, 0.1) is 6.61 Å². The molecule has 0 spiro atoms. The molecule has 0 aromatic carbocycles. The molecule has 9 heavy (non-hydrogen) atoms. The van der Waals surface area contributed by atoms with Crippen molar-refractivity contribution >= 4 is 6.29 Å². The predicted molar refractivity (Wildman–Crippen MR) is 32.6 cm³/mol. The minimum absolute atomic E-state index is 0.219. The summed E-state index contributed by atoms with van der Waals surface area (Å²) in [5, 5.41) is 17.4. The Morgan fingerprint density at radius 3 is 2.22 bits per heavy atom. The molecule has 0 aliphatic carbocycles. The van der Waals surface area contributed by atoms with Crippen molar-refractivity contribution in [3.63, 3.8) is 0 Å². The maximum atomic E-state index is 9.82. The molecule has 3 heteroatoms. The zero-order chi connectivity index (χ0) is 7.49. The first-order valence-electron chi connectivity index (χ1n) is 2.71. The van der Waals surface area contributed by atoms with Crippen LogP contribution in [-0.2, 0) is 4.79 Å². The van der Waals surface area contributed by atoms with Crippen LogP contribution in [0.4, 0.5) is 0 Å². The smallest absolute Gasteiger partial charge is 0.230 e. The maximum absolute atomic E-state index is 9.82. The van der Waals surface area contributed by atoms with E-state index in [-0.39, 0.29) is 6.61 Å². The monoisotopic (exact) mass is 131 g/mol. The van der Waals surface area contributed by atoms with Crippen molar-refractivity contribution in [2.75, 3.05) is 6.61 Å². The van der Waals surface area contributed by atoms with Gasteiger partial charge in [0.25, 0.3) is 0 Å². The largest absolute Gasteiger partial charge is 0.396 e. The molecule has 1 atom stereocenters. The Morgan fingerprint density at radius 2 is 2.11 bits per heavy atom. The van der Waals surface area contributed by atoms with Gasteiger partial charge in [-0.3, -0.25) is 4.79 Å². The van der Waals surface area contributed by atoms with Gasteiger partial charge in [-0.05, 0) is 0 Å². The molecule has 1 radical (unpaired) electrons. The summed E-state index contributed by atoms with van der Waals surface area (Å²) in [4.78, 5) is 9.82. The molecule has 0 saturated heterocycles. The van der Waals surface area contributed by atoms with Crippen molar-refractivity contribution in [3.05, 3.63) is 0 Å². The highest BCUT2D eigenvalue weighted by Gasteiger charge is 2.26. The van der Waals surface area contributed by atoms with Gasteiger partial charge in [-0.15, -0.1) is 0 Å². The number of rotatable bonds is 3. The summed E-state index contributed by atoms with van der Waals surface area (Å²) in [5.74, 6) is 0. The number of aliphatic hydroxyl groups excluding tert-OH is 2. The van der Waals surface area contributed by atoms with Gasteiger partial charge in [0, 0.05) is 5.41 Å². The number of carbonyl (C=O) groups excluding carboxylic acids is 1. The molecule has 1 unspecified atom stereocenters. The molecule has 0 amide bonds. The van der Waals surface area contributed by atoms with Gasteiger partial charge in [0.2, 0.25) is 6.29 Å². The van der Waals surface area contributed by atoms with Crippen LogP contribution in [0.15, 0.2) is 0 Å². The molecule has 0 aliphatic rings. The molecular weight excluding hydrogens is 120 g/mol. The van der Waals surface area contributed by atoms with E-state index >= 15 is 0 Å². The fourth-order valence-corrected chi connectivity index (χ4v) is 0.246. The number of hydrogen-bond acceptors (Lipinski definition) is 3. The second-order valence-corrected chi connectivity index (χ2v) is 2.67. The van der Waals surface area contributed by atoms with E-state index in [1.807, 2.05) is 0 Å². The first-order valence-corrected chi connectivity index (χ1v) is 2.71. The third-order valence-electron chi connectivity index (χ3n) is 1.26. The molecule has 0 fully saturated rings. The summed E-state index contributed by atoms with van der Waals surface area (Å²) in [7, 11) is 0. The maximum Gasteiger partial charge on any atom is 0.230 e. The van der Waals surface area contributed by atoms with Crippen molar-refractivity contribution in [1.29, 1.82) is 0 Å². The second kappa shape index (κ2) is 2.94. The van der Waals surface area contributed by atoms with Crippen molar-refractivity contribution in [1.82, 2.24) is 0 Å². The lowest BCUT2D eigenvalue weighted by molar-refractivity contribution is 0.0484. The van der Waals surface area contributed by atoms with Gasteiger partial charge >= 0.3 is 0 Å². The average molecular weight is 131 g/mol. The molecule has 3 nitrogen and oxygen atoms in total. The lowest BCUT2D eigenvalue weighted by Gasteiger charge is -2.22. The van der Waals surface area contributed by atoms with E-state index in [1.54, 1.807) is 13.8 Å². The Kier molecular flexibility index (Phi) is 2.81. The Bertz CT molecular complexity index is 98.5. The normalized spacial score (nSPS) is 15.1. The van der Waals surface area contributed by atoms with E-state index in [1.165, 1.54) is 6.29 Å². The van der Waals surface area contributed by atoms with E-state index in [0.29, 0.717) is 0 Å². The average Bonchev–Trinajstić information content (AvgIpc) is 1.86. The SMILES string of the molecule is CC(C)(CO)C(O)[C]=O. The molecular formula is C6H11O3. The van der Waals surface area contributed by atoms with Crippen molar-refractivity contribution < 1.29 is 15.0 Å². The Hall–Kier alpha value is -0.410. The van der Waals surface area contributed by atoms with Crippen LogP contribution < -0.4 is 0 Å². The van der Waals surface area contributed by atoms with Crippen LogP contribution in [0.5, 0.6) is 0 Å². The van der Waals surface area contributed by atoms with Crippen LogP contribution in [0.1, 0.15) is 13.8 Å². The highest BCUT2D eigenvalue weighted by atomic mass is 16.3. The lowest BCUT2D eigenvalue weighted by Crippen LogP contribution is -2.33. The Labute approximate surface area is 54.3 Å². The molecule has 0 saturated carbocycles. The summed E-state index contributed by atoms with van der Waals surface area (Å²) in [5.41, 5.74) is -0.762. The molecule has 2 N–H and O–H groups in total. The topological polar surface area (TPSA) is 57.5 Å². The van der Waals surface area contributed by atoms with Crippen LogP contribution in [0.25, 0.3) is 0 Å². The molecule has 0 aromatic rings. The van der Waals surface area contributed by atoms with E-state index in [0.717, 1.165) is 0 Å². The summed E-state index contributed by atoms with van der Waals surface area (Å²) in [6, 6.07) is 0. The fraction of sp³-hybridized carbons (Fsp3) is 0.833. The van der Waals surface area contributed by atoms with Crippen molar-refractivity contribution in [2.45, 2.75) is 20.0 Å². The molecule has 0 bridgehead atoms. The fourth-order valence-electron chi connectivity index (χ4n) is 0.246. The van der Waals surface area contributed by atoms with Gasteiger partial charge in [-0.1, -0.05) is 13.8 Å². The minimum atomic E-state index is -1.19. The van der Waals surface area contributed by atoms with Gasteiger partial charge in [0.1, 0.15) is 6.10 Å². The predicted octanol–water partition coefficient (Wildman–Crippen LogP) is -0.524. The highest BCUT2D eigenvalue weighted by molar-refractivity contribution is 5.57. The van der Waals surface area contributed by atoms with Gasteiger partial charge < -0.3 is 10.2 Å². The van der Waals surface area contributed by atoms with Crippen LogP contribution in [0.3, 0.4) is 0 Å².